The van der Waals surface area contributed by atoms with Crippen LogP contribution in [-0.2, 0) is 16.6 Å². The lowest BCUT2D eigenvalue weighted by Crippen LogP contribution is -2.33. The van der Waals surface area contributed by atoms with Gasteiger partial charge in [-0.2, -0.15) is 43.9 Å². The van der Waals surface area contributed by atoms with E-state index >= 15 is 0 Å². The van der Waals surface area contributed by atoms with Gasteiger partial charge in [-0.1, -0.05) is 48.5 Å². The zero-order valence-electron chi connectivity index (χ0n) is 19.2. The molecular weight excluding hydrogens is 534 g/mol. The van der Waals surface area contributed by atoms with Crippen LogP contribution in [-0.4, -0.2) is 26.3 Å². The van der Waals surface area contributed by atoms with Crippen LogP contribution in [0.25, 0.3) is 32.7 Å². The normalized spacial score (nSPS) is 13.3. The van der Waals surface area contributed by atoms with Gasteiger partial charge in [-0.3, -0.25) is 0 Å². The maximum Gasteiger partial charge on any atom is 0.458 e. The first-order chi connectivity index (χ1) is 17.6. The molecule has 0 aromatic heterocycles. The zero-order valence-corrected chi connectivity index (χ0v) is 19.2. The molecule has 0 aliphatic carbocycles. The molecule has 0 saturated heterocycles. The van der Waals surface area contributed by atoms with Gasteiger partial charge in [-0.15, -0.1) is 0 Å². The van der Waals surface area contributed by atoms with Crippen molar-refractivity contribution in [1.82, 2.24) is 0 Å². The fourth-order valence-electron chi connectivity index (χ4n) is 4.05. The predicted molar refractivity (Wildman–Crippen MR) is 119 cm³/mol. The molecule has 0 saturated carbocycles. The third-order valence-electron chi connectivity index (χ3n) is 5.90. The van der Waals surface area contributed by atoms with E-state index in [2.05, 4.69) is 0 Å². The number of halogens is 10. The minimum atomic E-state index is -5.84. The Morgan fingerprint density at radius 1 is 0.605 bits per heavy atom. The first kappa shape index (κ1) is 27.5. The van der Waals surface area contributed by atoms with E-state index in [4.69, 9.17) is 9.47 Å². The third-order valence-corrected chi connectivity index (χ3v) is 5.90. The Balaban J connectivity index is 1.97. The minimum absolute atomic E-state index is 0.00107. The van der Waals surface area contributed by atoms with E-state index < -0.39 is 35.3 Å². The number of methoxy groups -OCH3 is 1. The highest BCUT2D eigenvalue weighted by atomic mass is 19.4. The Labute approximate surface area is 208 Å². The van der Waals surface area contributed by atoms with E-state index in [0.29, 0.717) is 24.3 Å². The fraction of sp³-hybridized carbons (Fsp3) is 0.231. The summed E-state index contributed by atoms with van der Waals surface area (Å²) >= 11 is 0. The van der Waals surface area contributed by atoms with E-state index in [1.54, 1.807) is 0 Å². The van der Waals surface area contributed by atoms with Gasteiger partial charge in [0.2, 0.25) is 0 Å². The van der Waals surface area contributed by atoms with E-state index in [9.17, 15) is 43.9 Å². The van der Waals surface area contributed by atoms with Crippen LogP contribution < -0.4 is 4.74 Å². The Bertz CT molecular complexity index is 1490. The van der Waals surface area contributed by atoms with Gasteiger partial charge in [0, 0.05) is 23.8 Å². The van der Waals surface area contributed by atoms with Crippen molar-refractivity contribution in [1.29, 1.82) is 0 Å². The smallest absolute Gasteiger partial charge is 0.458 e. The van der Waals surface area contributed by atoms with Crippen LogP contribution in [0.4, 0.5) is 43.9 Å². The average Bonchev–Trinajstić information content (AvgIpc) is 2.84. The van der Waals surface area contributed by atoms with Gasteiger partial charge in [-0.25, -0.2) is 0 Å². The number of ether oxygens (including phenoxy) is 2. The van der Waals surface area contributed by atoms with E-state index in [-0.39, 0.29) is 45.2 Å². The highest BCUT2D eigenvalue weighted by Gasteiger charge is 2.59. The topological polar surface area (TPSA) is 18.5 Å². The molecule has 12 heteroatoms. The minimum Gasteiger partial charge on any atom is -0.467 e. The summed E-state index contributed by atoms with van der Waals surface area (Å²) in [6.45, 7) is -0.282. The summed E-state index contributed by atoms with van der Waals surface area (Å²) in [5.74, 6) is -10.2. The highest BCUT2D eigenvalue weighted by molar-refractivity contribution is 6.08. The van der Waals surface area contributed by atoms with Crippen molar-refractivity contribution in [3.8, 4) is 16.9 Å². The maximum atomic E-state index is 14.0. The van der Waals surface area contributed by atoms with Crippen LogP contribution in [0.2, 0.25) is 0 Å². The Hall–Kier alpha value is -3.54. The van der Waals surface area contributed by atoms with Gasteiger partial charge in [-0.05, 0) is 45.3 Å². The third kappa shape index (κ3) is 4.61. The molecule has 0 aliphatic heterocycles. The molecular formula is C26H16F10O2. The first-order valence-electron chi connectivity index (χ1n) is 10.7. The molecule has 0 spiro atoms. The van der Waals surface area contributed by atoms with Crippen molar-refractivity contribution >= 4 is 21.5 Å². The Kier molecular flexibility index (Phi) is 6.75. The molecule has 0 unspecified atom stereocenters. The summed E-state index contributed by atoms with van der Waals surface area (Å²) in [6.07, 6.45) is -11.7. The number of hydrogen-bond donors (Lipinski definition) is 0. The highest BCUT2D eigenvalue weighted by Crippen LogP contribution is 2.48. The number of alkyl halides is 10. The molecule has 2 nitrogen and oxygen atoms in total. The molecule has 0 amide bonds. The van der Waals surface area contributed by atoms with Crippen molar-refractivity contribution < 1.29 is 53.4 Å². The van der Waals surface area contributed by atoms with Crippen molar-refractivity contribution in [2.24, 2.45) is 0 Å². The molecule has 4 aromatic carbocycles. The van der Waals surface area contributed by atoms with Gasteiger partial charge >= 0.3 is 24.2 Å². The quantitative estimate of drug-likeness (QED) is 0.176. The lowest BCUT2D eigenvalue weighted by Gasteiger charge is -2.22. The summed E-state index contributed by atoms with van der Waals surface area (Å²) < 4.78 is 144. The van der Waals surface area contributed by atoms with Crippen molar-refractivity contribution in [2.45, 2.75) is 24.2 Å². The molecule has 0 heterocycles. The number of rotatable bonds is 6. The van der Waals surface area contributed by atoms with Gasteiger partial charge in [0.1, 0.15) is 5.75 Å². The van der Waals surface area contributed by atoms with Gasteiger partial charge in [0.25, 0.3) is 0 Å². The maximum absolute atomic E-state index is 14.0. The van der Waals surface area contributed by atoms with Crippen molar-refractivity contribution in [2.75, 3.05) is 13.9 Å². The van der Waals surface area contributed by atoms with Crippen LogP contribution in [0.1, 0.15) is 11.1 Å². The van der Waals surface area contributed by atoms with E-state index in [0.717, 1.165) is 12.1 Å². The van der Waals surface area contributed by atoms with Gasteiger partial charge < -0.3 is 9.47 Å². The van der Waals surface area contributed by atoms with Gasteiger partial charge in [0.05, 0.1) is 0 Å². The second kappa shape index (κ2) is 9.33. The zero-order chi connectivity index (χ0) is 28.1. The van der Waals surface area contributed by atoms with Gasteiger partial charge in [0.15, 0.2) is 6.79 Å². The summed E-state index contributed by atoms with van der Waals surface area (Å²) in [6, 6.07) is 11.4. The summed E-state index contributed by atoms with van der Waals surface area (Å²) in [4.78, 5) is 0. The van der Waals surface area contributed by atoms with Crippen LogP contribution in [0, 0.1) is 0 Å². The molecule has 4 aromatic rings. The Morgan fingerprint density at radius 3 is 1.66 bits per heavy atom. The molecule has 0 fully saturated rings. The summed E-state index contributed by atoms with van der Waals surface area (Å²) in [7, 11) is 1.31. The Morgan fingerprint density at radius 2 is 1.13 bits per heavy atom. The molecule has 202 valence electrons. The van der Waals surface area contributed by atoms with Crippen LogP contribution in [0.15, 0.2) is 66.7 Å². The second-order valence-corrected chi connectivity index (χ2v) is 8.31. The van der Waals surface area contributed by atoms with Crippen LogP contribution in [0.5, 0.6) is 5.75 Å². The van der Waals surface area contributed by atoms with Crippen molar-refractivity contribution in [3.63, 3.8) is 0 Å². The number of benzene rings is 4. The predicted octanol–water partition coefficient (Wildman–Crippen LogP) is 8.95. The lowest BCUT2D eigenvalue weighted by molar-refractivity contribution is -0.289. The summed E-state index contributed by atoms with van der Waals surface area (Å²) in [5.41, 5.74) is -2.16. The molecule has 0 bridgehead atoms. The molecule has 4 rings (SSSR count). The van der Waals surface area contributed by atoms with E-state index in [1.165, 1.54) is 37.4 Å². The number of hydrogen-bond acceptors (Lipinski definition) is 2. The SMILES string of the molecule is COCOc1ccc2cc(C(F)(F)C(F)(F)F)ccc2c1-c1cccc2cc(C(F)(F)C(F)(F)F)ccc12. The van der Waals surface area contributed by atoms with Crippen LogP contribution in [0.3, 0.4) is 0 Å². The molecule has 0 radical (unpaired) electrons. The lowest BCUT2D eigenvalue weighted by atomic mass is 9.91. The molecule has 0 atom stereocenters. The largest absolute Gasteiger partial charge is 0.467 e. The first-order valence-corrected chi connectivity index (χ1v) is 10.7. The molecule has 38 heavy (non-hydrogen) atoms. The van der Waals surface area contributed by atoms with Crippen molar-refractivity contribution in [3.05, 3.63) is 77.9 Å². The molecule has 0 N–H and O–H groups in total. The van der Waals surface area contributed by atoms with Crippen LogP contribution >= 0.6 is 0 Å². The second-order valence-electron chi connectivity index (χ2n) is 8.31. The monoisotopic (exact) mass is 550 g/mol. The number of fused-ring (bicyclic) bond motifs is 2. The molecule has 0 aliphatic rings. The average molecular weight is 550 g/mol. The fourth-order valence-corrected chi connectivity index (χ4v) is 4.05. The summed E-state index contributed by atoms with van der Waals surface area (Å²) in [5, 5.41) is 0.341. The van der Waals surface area contributed by atoms with E-state index in [1.807, 2.05) is 0 Å². The standard InChI is InChI=1S/C26H16F10O2/c1-37-13-38-21-10-5-15-12-17(24(29,30)26(34,35)36)7-9-19(15)22(21)20-4-2-3-14-11-16(6-8-18(14)20)23(27,28)25(31,32)33/h2-12H,13H2,1H3.